The van der Waals surface area contributed by atoms with Gasteiger partial charge in [-0.3, -0.25) is 0 Å². The molecule has 1 nitrogen and oxygen atoms in total. The summed E-state index contributed by atoms with van der Waals surface area (Å²) < 4.78 is 14.8. The summed E-state index contributed by atoms with van der Waals surface area (Å²) in [4.78, 5) is 2.27. The predicted octanol–water partition coefficient (Wildman–Crippen LogP) is 4.62. The van der Waals surface area contributed by atoms with Gasteiger partial charge in [-0.05, 0) is 58.8 Å². The van der Waals surface area contributed by atoms with E-state index in [9.17, 15) is 4.39 Å². The van der Waals surface area contributed by atoms with Gasteiger partial charge in [0.25, 0.3) is 0 Å². The van der Waals surface area contributed by atoms with Crippen molar-refractivity contribution in [1.82, 2.24) is 4.90 Å². The molecule has 3 heteroatoms. The molecule has 0 N–H and O–H groups in total. The lowest BCUT2D eigenvalue weighted by atomic mass is 9.84. The van der Waals surface area contributed by atoms with Crippen LogP contribution in [0.15, 0.2) is 47.8 Å². The fourth-order valence-corrected chi connectivity index (χ4v) is 4.13. The van der Waals surface area contributed by atoms with Gasteiger partial charge in [0.15, 0.2) is 0 Å². The Kier molecular flexibility index (Phi) is 3.05. The van der Waals surface area contributed by atoms with Crippen LogP contribution in [0.3, 0.4) is 0 Å². The Labute approximate surface area is 127 Å². The molecule has 2 aromatic carbocycles. The standard InChI is InChI=1S/C18H16FNS/c1-20-10-14-8-15(19)4-5-16(14)17(11-20)13-3-2-12-6-7-21-18(12)9-13/h2-9,17H,10-11H2,1H3. The Morgan fingerprint density at radius 3 is 2.95 bits per heavy atom. The van der Waals surface area contributed by atoms with Gasteiger partial charge in [-0.15, -0.1) is 11.3 Å². The first-order valence-electron chi connectivity index (χ1n) is 7.15. The first-order valence-corrected chi connectivity index (χ1v) is 8.03. The smallest absolute Gasteiger partial charge is 0.123 e. The summed E-state index contributed by atoms with van der Waals surface area (Å²) in [6.45, 7) is 1.81. The molecular formula is C18H16FNS. The fourth-order valence-electron chi connectivity index (χ4n) is 3.29. The molecule has 1 unspecified atom stereocenters. The Morgan fingerprint density at radius 1 is 1.14 bits per heavy atom. The van der Waals surface area contributed by atoms with Gasteiger partial charge < -0.3 is 4.90 Å². The average Bonchev–Trinajstić information content (AvgIpc) is 2.93. The molecule has 1 aromatic heterocycles. The minimum Gasteiger partial charge on any atom is -0.301 e. The monoisotopic (exact) mass is 297 g/mol. The molecule has 0 spiro atoms. The van der Waals surface area contributed by atoms with Crippen LogP contribution in [0.1, 0.15) is 22.6 Å². The Morgan fingerprint density at radius 2 is 2.05 bits per heavy atom. The average molecular weight is 297 g/mol. The van der Waals surface area contributed by atoms with E-state index in [0.29, 0.717) is 5.92 Å². The number of hydrogen-bond donors (Lipinski definition) is 0. The van der Waals surface area contributed by atoms with Crippen LogP contribution in [0.4, 0.5) is 4.39 Å². The topological polar surface area (TPSA) is 3.24 Å². The van der Waals surface area contributed by atoms with Crippen molar-refractivity contribution in [2.45, 2.75) is 12.5 Å². The zero-order valence-corrected chi connectivity index (χ0v) is 12.7. The molecule has 0 aliphatic carbocycles. The van der Waals surface area contributed by atoms with E-state index in [1.807, 2.05) is 6.07 Å². The lowest BCUT2D eigenvalue weighted by molar-refractivity contribution is 0.294. The van der Waals surface area contributed by atoms with Crippen molar-refractivity contribution in [3.05, 3.63) is 70.4 Å². The summed E-state index contributed by atoms with van der Waals surface area (Å²) >= 11 is 1.78. The Hall–Kier alpha value is -1.71. The number of fused-ring (bicyclic) bond motifs is 2. The molecule has 3 aromatic rings. The highest BCUT2D eigenvalue weighted by molar-refractivity contribution is 7.17. The Bertz CT molecular complexity index is 808. The van der Waals surface area contributed by atoms with Crippen molar-refractivity contribution < 1.29 is 4.39 Å². The molecule has 1 aliphatic rings. The molecule has 0 saturated carbocycles. The first-order chi connectivity index (χ1) is 10.2. The van der Waals surface area contributed by atoms with E-state index in [1.165, 1.54) is 21.2 Å². The second-order valence-corrected chi connectivity index (χ2v) is 6.76. The third kappa shape index (κ3) is 2.27. The Balaban J connectivity index is 1.84. The molecule has 21 heavy (non-hydrogen) atoms. The van der Waals surface area contributed by atoms with E-state index in [4.69, 9.17) is 0 Å². The van der Waals surface area contributed by atoms with Crippen LogP contribution >= 0.6 is 11.3 Å². The van der Waals surface area contributed by atoms with E-state index in [2.05, 4.69) is 41.6 Å². The number of benzene rings is 2. The van der Waals surface area contributed by atoms with Crippen LogP contribution in [-0.4, -0.2) is 18.5 Å². The maximum atomic E-state index is 13.5. The highest BCUT2D eigenvalue weighted by Crippen LogP contribution is 2.35. The first kappa shape index (κ1) is 13.0. The van der Waals surface area contributed by atoms with Crippen molar-refractivity contribution in [2.75, 3.05) is 13.6 Å². The maximum Gasteiger partial charge on any atom is 0.123 e. The zero-order valence-electron chi connectivity index (χ0n) is 11.8. The number of halogens is 1. The quantitative estimate of drug-likeness (QED) is 0.633. The normalized spacial score (nSPS) is 18.9. The number of nitrogens with zero attached hydrogens (tertiary/aromatic N) is 1. The second-order valence-electron chi connectivity index (χ2n) is 5.81. The van der Waals surface area contributed by atoms with E-state index in [1.54, 1.807) is 23.5 Å². The number of hydrogen-bond acceptors (Lipinski definition) is 2. The number of likely N-dealkylation sites (N-methyl/N-ethyl adjacent to an activating group) is 1. The minimum absolute atomic E-state index is 0.142. The lowest BCUT2D eigenvalue weighted by Gasteiger charge is -2.32. The molecule has 0 amide bonds. The van der Waals surface area contributed by atoms with Crippen LogP contribution in [0.5, 0.6) is 0 Å². The van der Waals surface area contributed by atoms with Crippen LogP contribution in [0, 0.1) is 5.82 Å². The van der Waals surface area contributed by atoms with Gasteiger partial charge >= 0.3 is 0 Å². The predicted molar refractivity (Wildman–Crippen MR) is 86.4 cm³/mol. The van der Waals surface area contributed by atoms with Crippen LogP contribution in [-0.2, 0) is 6.54 Å². The van der Waals surface area contributed by atoms with E-state index in [-0.39, 0.29) is 5.82 Å². The third-order valence-electron chi connectivity index (χ3n) is 4.30. The van der Waals surface area contributed by atoms with Gasteiger partial charge in [0, 0.05) is 23.7 Å². The van der Waals surface area contributed by atoms with Gasteiger partial charge in [-0.1, -0.05) is 18.2 Å². The van der Waals surface area contributed by atoms with E-state index >= 15 is 0 Å². The van der Waals surface area contributed by atoms with Crippen molar-refractivity contribution in [2.24, 2.45) is 0 Å². The van der Waals surface area contributed by atoms with Crippen LogP contribution in [0.25, 0.3) is 10.1 Å². The lowest BCUT2D eigenvalue weighted by Crippen LogP contribution is -2.31. The summed E-state index contributed by atoms with van der Waals surface area (Å²) in [5, 5.41) is 3.43. The van der Waals surface area contributed by atoms with E-state index in [0.717, 1.165) is 18.7 Å². The molecule has 0 radical (unpaired) electrons. The highest BCUT2D eigenvalue weighted by Gasteiger charge is 2.25. The van der Waals surface area contributed by atoms with Crippen molar-refractivity contribution in [3.8, 4) is 0 Å². The summed E-state index contributed by atoms with van der Waals surface area (Å²) in [6.07, 6.45) is 0. The van der Waals surface area contributed by atoms with Crippen LogP contribution < -0.4 is 0 Å². The van der Waals surface area contributed by atoms with Crippen molar-refractivity contribution in [3.63, 3.8) is 0 Å². The molecule has 0 fully saturated rings. The number of rotatable bonds is 1. The number of thiophene rings is 1. The molecule has 2 heterocycles. The minimum atomic E-state index is -0.142. The molecule has 106 valence electrons. The fraction of sp³-hybridized carbons (Fsp3) is 0.222. The zero-order chi connectivity index (χ0) is 14.4. The summed E-state index contributed by atoms with van der Waals surface area (Å²) in [5.74, 6) is 0.183. The van der Waals surface area contributed by atoms with Crippen molar-refractivity contribution in [1.29, 1.82) is 0 Å². The van der Waals surface area contributed by atoms with Gasteiger partial charge in [0.2, 0.25) is 0 Å². The van der Waals surface area contributed by atoms with Gasteiger partial charge in [0.05, 0.1) is 0 Å². The second kappa shape index (κ2) is 4.93. The van der Waals surface area contributed by atoms with Gasteiger partial charge in [0.1, 0.15) is 5.82 Å². The molecular weight excluding hydrogens is 281 g/mol. The summed E-state index contributed by atoms with van der Waals surface area (Å²) in [6, 6.07) is 14.1. The molecule has 1 aliphatic heterocycles. The van der Waals surface area contributed by atoms with Crippen molar-refractivity contribution >= 4 is 21.4 Å². The SMILES string of the molecule is CN1Cc2cc(F)ccc2C(c2ccc3ccsc3c2)C1. The molecule has 4 rings (SSSR count). The third-order valence-corrected chi connectivity index (χ3v) is 5.18. The molecule has 1 atom stereocenters. The molecule has 0 saturated heterocycles. The van der Waals surface area contributed by atoms with E-state index < -0.39 is 0 Å². The summed E-state index contributed by atoms with van der Waals surface area (Å²) in [7, 11) is 2.10. The maximum absolute atomic E-state index is 13.5. The largest absolute Gasteiger partial charge is 0.301 e. The molecule has 0 bridgehead atoms. The summed E-state index contributed by atoms with van der Waals surface area (Å²) in [5.41, 5.74) is 3.70. The van der Waals surface area contributed by atoms with Gasteiger partial charge in [-0.25, -0.2) is 4.39 Å². The van der Waals surface area contributed by atoms with Crippen LogP contribution in [0.2, 0.25) is 0 Å². The van der Waals surface area contributed by atoms with Gasteiger partial charge in [-0.2, -0.15) is 0 Å². The highest BCUT2D eigenvalue weighted by atomic mass is 32.1.